The van der Waals surface area contributed by atoms with Crippen molar-refractivity contribution in [1.82, 2.24) is 4.98 Å². The number of benzene rings is 1. The van der Waals surface area contributed by atoms with Crippen LogP contribution in [-0.2, 0) is 0 Å². The molecule has 0 fully saturated rings. The molecule has 0 amide bonds. The standard InChI is InChI=1S/C7H3BrClNO/c8-7-10-5-2-1-4(9)3-6(5)11-7/h1-3H. The second-order valence-corrected chi connectivity index (χ2v) is 3.19. The van der Waals surface area contributed by atoms with E-state index in [9.17, 15) is 0 Å². The smallest absolute Gasteiger partial charge is 0.265 e. The zero-order valence-corrected chi connectivity index (χ0v) is 7.69. The predicted octanol–water partition coefficient (Wildman–Crippen LogP) is 3.24. The van der Waals surface area contributed by atoms with Gasteiger partial charge in [-0.15, -0.1) is 0 Å². The number of aromatic nitrogens is 1. The first kappa shape index (κ1) is 7.13. The summed E-state index contributed by atoms with van der Waals surface area (Å²) >= 11 is 8.85. The first-order chi connectivity index (χ1) is 5.25. The molecule has 0 N–H and O–H groups in total. The van der Waals surface area contributed by atoms with Gasteiger partial charge in [0.2, 0.25) is 0 Å². The van der Waals surface area contributed by atoms with Gasteiger partial charge >= 0.3 is 0 Å². The van der Waals surface area contributed by atoms with Crippen molar-refractivity contribution in [3.63, 3.8) is 0 Å². The van der Waals surface area contributed by atoms with Gasteiger partial charge in [0.25, 0.3) is 4.80 Å². The van der Waals surface area contributed by atoms with Crippen LogP contribution < -0.4 is 0 Å². The fraction of sp³-hybridized carbons (Fsp3) is 0. The molecule has 56 valence electrons. The lowest BCUT2D eigenvalue weighted by Crippen LogP contribution is -1.65. The first-order valence-corrected chi connectivity index (χ1v) is 4.14. The van der Waals surface area contributed by atoms with Crippen LogP contribution in [0.1, 0.15) is 0 Å². The Kier molecular flexibility index (Phi) is 1.62. The molecule has 0 aliphatic rings. The average Bonchev–Trinajstić information content (AvgIpc) is 2.27. The molecule has 2 nitrogen and oxygen atoms in total. The Hall–Kier alpha value is -0.540. The summed E-state index contributed by atoms with van der Waals surface area (Å²) in [6.45, 7) is 0. The SMILES string of the molecule is Clc1ccc2nc(Br)oc2c1. The molecule has 0 atom stereocenters. The largest absolute Gasteiger partial charge is 0.431 e. The minimum Gasteiger partial charge on any atom is -0.431 e. The molecule has 0 spiro atoms. The van der Waals surface area contributed by atoms with Crippen LogP contribution in [0.3, 0.4) is 0 Å². The molecule has 0 aliphatic heterocycles. The lowest BCUT2D eigenvalue weighted by molar-refractivity contribution is 0.570. The van der Waals surface area contributed by atoms with E-state index in [2.05, 4.69) is 20.9 Å². The molecule has 0 saturated heterocycles. The molecule has 1 aromatic carbocycles. The van der Waals surface area contributed by atoms with Crippen molar-refractivity contribution in [3.05, 3.63) is 28.0 Å². The van der Waals surface area contributed by atoms with E-state index in [0.717, 1.165) is 5.52 Å². The minimum absolute atomic E-state index is 0.481. The Bertz CT molecular complexity index is 398. The van der Waals surface area contributed by atoms with Crippen molar-refractivity contribution in [2.75, 3.05) is 0 Å². The van der Waals surface area contributed by atoms with Crippen molar-refractivity contribution in [2.24, 2.45) is 0 Å². The Morgan fingerprint density at radius 2 is 2.27 bits per heavy atom. The Morgan fingerprint density at radius 3 is 3.09 bits per heavy atom. The average molecular weight is 232 g/mol. The Balaban J connectivity index is 2.82. The fourth-order valence-electron chi connectivity index (χ4n) is 0.870. The highest BCUT2D eigenvalue weighted by atomic mass is 79.9. The zero-order chi connectivity index (χ0) is 7.84. The molecule has 2 rings (SSSR count). The maximum atomic E-state index is 5.72. The lowest BCUT2D eigenvalue weighted by Gasteiger charge is -1.85. The fourth-order valence-corrected chi connectivity index (χ4v) is 1.40. The number of oxazole rings is 1. The molecular weight excluding hydrogens is 229 g/mol. The third kappa shape index (κ3) is 1.26. The Morgan fingerprint density at radius 1 is 1.45 bits per heavy atom. The van der Waals surface area contributed by atoms with Gasteiger partial charge in [-0.25, -0.2) is 4.98 Å². The number of hydrogen-bond acceptors (Lipinski definition) is 2. The highest BCUT2D eigenvalue weighted by Crippen LogP contribution is 2.22. The second-order valence-electron chi connectivity index (χ2n) is 2.08. The number of nitrogens with zero attached hydrogens (tertiary/aromatic N) is 1. The maximum absolute atomic E-state index is 5.72. The topological polar surface area (TPSA) is 26.0 Å². The molecule has 0 saturated carbocycles. The first-order valence-electron chi connectivity index (χ1n) is 2.97. The summed E-state index contributed by atoms with van der Waals surface area (Å²) in [6, 6.07) is 5.32. The van der Waals surface area contributed by atoms with E-state index in [1.807, 2.05) is 6.07 Å². The molecule has 2 aromatic rings. The Labute approximate surface area is 76.3 Å². The summed E-state index contributed by atoms with van der Waals surface area (Å²) in [6.07, 6.45) is 0. The van der Waals surface area contributed by atoms with E-state index in [0.29, 0.717) is 15.4 Å². The molecular formula is C7H3BrClNO. The number of rotatable bonds is 0. The summed E-state index contributed by atoms with van der Waals surface area (Å²) in [5, 5.41) is 0.654. The summed E-state index contributed by atoms with van der Waals surface area (Å²) < 4.78 is 5.17. The number of halogens is 2. The third-order valence-electron chi connectivity index (χ3n) is 1.32. The van der Waals surface area contributed by atoms with Crippen molar-refractivity contribution in [2.45, 2.75) is 0 Å². The van der Waals surface area contributed by atoms with Gasteiger partial charge in [-0.2, -0.15) is 0 Å². The molecule has 0 bridgehead atoms. The van der Waals surface area contributed by atoms with Crippen molar-refractivity contribution >= 4 is 38.6 Å². The van der Waals surface area contributed by atoms with Gasteiger partial charge in [0.05, 0.1) is 0 Å². The quantitative estimate of drug-likeness (QED) is 0.697. The number of hydrogen-bond donors (Lipinski definition) is 0. The van der Waals surface area contributed by atoms with Gasteiger partial charge in [0.1, 0.15) is 5.52 Å². The molecule has 1 heterocycles. The highest BCUT2D eigenvalue weighted by Gasteiger charge is 2.01. The van der Waals surface area contributed by atoms with E-state index in [4.69, 9.17) is 16.0 Å². The third-order valence-corrected chi connectivity index (χ3v) is 1.90. The van der Waals surface area contributed by atoms with Gasteiger partial charge in [-0.3, -0.25) is 0 Å². The van der Waals surface area contributed by atoms with E-state index < -0.39 is 0 Å². The monoisotopic (exact) mass is 231 g/mol. The molecule has 0 aliphatic carbocycles. The number of fused-ring (bicyclic) bond motifs is 1. The summed E-state index contributed by atoms with van der Waals surface area (Å²) in [5.74, 6) is 0. The lowest BCUT2D eigenvalue weighted by atomic mass is 10.3. The summed E-state index contributed by atoms with van der Waals surface area (Å²) in [5.41, 5.74) is 1.51. The van der Waals surface area contributed by atoms with Crippen LogP contribution in [0.2, 0.25) is 5.02 Å². The summed E-state index contributed by atoms with van der Waals surface area (Å²) in [4.78, 5) is 4.53. The van der Waals surface area contributed by atoms with Gasteiger partial charge in [-0.05, 0) is 12.1 Å². The summed E-state index contributed by atoms with van der Waals surface area (Å²) in [7, 11) is 0. The van der Waals surface area contributed by atoms with E-state index >= 15 is 0 Å². The van der Waals surface area contributed by atoms with Crippen LogP contribution in [0.4, 0.5) is 0 Å². The molecule has 11 heavy (non-hydrogen) atoms. The molecule has 0 radical (unpaired) electrons. The van der Waals surface area contributed by atoms with Crippen LogP contribution in [0.15, 0.2) is 27.4 Å². The van der Waals surface area contributed by atoms with E-state index in [-0.39, 0.29) is 0 Å². The van der Waals surface area contributed by atoms with Gasteiger partial charge in [0, 0.05) is 27.0 Å². The van der Waals surface area contributed by atoms with Crippen LogP contribution in [0, 0.1) is 0 Å². The van der Waals surface area contributed by atoms with Crippen LogP contribution >= 0.6 is 27.5 Å². The van der Waals surface area contributed by atoms with Crippen LogP contribution in [0.5, 0.6) is 0 Å². The molecule has 1 aromatic heterocycles. The van der Waals surface area contributed by atoms with E-state index in [1.165, 1.54) is 0 Å². The van der Waals surface area contributed by atoms with Gasteiger partial charge in [-0.1, -0.05) is 11.6 Å². The molecule has 0 unspecified atom stereocenters. The van der Waals surface area contributed by atoms with Crippen molar-refractivity contribution in [3.8, 4) is 0 Å². The normalized spacial score (nSPS) is 10.7. The van der Waals surface area contributed by atoms with Crippen molar-refractivity contribution < 1.29 is 4.42 Å². The highest BCUT2D eigenvalue weighted by molar-refractivity contribution is 9.10. The molecule has 4 heteroatoms. The van der Waals surface area contributed by atoms with Gasteiger partial charge < -0.3 is 4.42 Å². The maximum Gasteiger partial charge on any atom is 0.265 e. The van der Waals surface area contributed by atoms with Crippen LogP contribution in [0.25, 0.3) is 11.1 Å². The van der Waals surface area contributed by atoms with Gasteiger partial charge in [0.15, 0.2) is 5.58 Å². The van der Waals surface area contributed by atoms with Crippen molar-refractivity contribution in [1.29, 1.82) is 0 Å². The second kappa shape index (κ2) is 2.50. The minimum atomic E-state index is 0.481. The predicted molar refractivity (Wildman–Crippen MR) is 46.7 cm³/mol. The van der Waals surface area contributed by atoms with Crippen LogP contribution in [-0.4, -0.2) is 4.98 Å². The zero-order valence-electron chi connectivity index (χ0n) is 5.34. The van der Waals surface area contributed by atoms with E-state index in [1.54, 1.807) is 12.1 Å².